The Labute approximate surface area is 147 Å². The molecule has 0 saturated heterocycles. The van der Waals surface area contributed by atoms with Gasteiger partial charge in [-0.05, 0) is 31.2 Å². The van der Waals surface area contributed by atoms with Crippen molar-refractivity contribution in [2.75, 3.05) is 5.32 Å². The van der Waals surface area contributed by atoms with Crippen LogP contribution in [-0.2, 0) is 4.79 Å². The Hall–Kier alpha value is -0.760. The molecule has 0 aliphatic heterocycles. The van der Waals surface area contributed by atoms with E-state index in [1.165, 1.54) is 23.1 Å². The van der Waals surface area contributed by atoms with Crippen LogP contribution in [0.1, 0.15) is 20.8 Å². The number of thioether (sulfide) groups is 2. The summed E-state index contributed by atoms with van der Waals surface area (Å²) in [6, 6.07) is 7.43. The SMILES string of the molecule is CC(C)Sc1nnc(NC(=O)C(C)Sc2ccc(Cl)cc2)s1. The van der Waals surface area contributed by atoms with Crippen molar-refractivity contribution in [3.63, 3.8) is 0 Å². The highest BCUT2D eigenvalue weighted by Crippen LogP contribution is 2.30. The van der Waals surface area contributed by atoms with Gasteiger partial charge in [-0.15, -0.1) is 22.0 Å². The molecule has 2 aromatic rings. The summed E-state index contributed by atoms with van der Waals surface area (Å²) in [5, 5.41) is 12.3. The fraction of sp³-hybridized carbons (Fsp3) is 0.357. The molecule has 1 atom stereocenters. The Morgan fingerprint density at radius 2 is 1.86 bits per heavy atom. The number of nitrogens with zero attached hydrogens (tertiary/aromatic N) is 2. The van der Waals surface area contributed by atoms with Gasteiger partial charge in [0.05, 0.1) is 5.25 Å². The summed E-state index contributed by atoms with van der Waals surface area (Å²) >= 11 is 10.4. The van der Waals surface area contributed by atoms with E-state index in [0.29, 0.717) is 15.4 Å². The zero-order valence-corrected chi connectivity index (χ0v) is 15.6. The lowest BCUT2D eigenvalue weighted by Crippen LogP contribution is -2.22. The van der Waals surface area contributed by atoms with Crippen molar-refractivity contribution in [2.24, 2.45) is 0 Å². The lowest BCUT2D eigenvalue weighted by atomic mass is 10.4. The molecule has 0 spiro atoms. The van der Waals surface area contributed by atoms with E-state index < -0.39 is 0 Å². The van der Waals surface area contributed by atoms with Crippen LogP contribution in [0.2, 0.25) is 5.02 Å². The van der Waals surface area contributed by atoms with Gasteiger partial charge in [-0.2, -0.15) is 0 Å². The Kier molecular flexibility index (Phi) is 6.55. The summed E-state index contributed by atoms with van der Waals surface area (Å²) in [7, 11) is 0. The van der Waals surface area contributed by atoms with Gasteiger partial charge < -0.3 is 0 Å². The normalized spacial score (nSPS) is 12.4. The van der Waals surface area contributed by atoms with E-state index in [1.807, 2.05) is 31.2 Å². The molecule has 1 aromatic carbocycles. The first kappa shape index (κ1) is 17.6. The molecule has 2 rings (SSSR count). The summed E-state index contributed by atoms with van der Waals surface area (Å²) in [5.74, 6) is -0.0859. The van der Waals surface area contributed by atoms with E-state index in [0.717, 1.165) is 9.24 Å². The molecule has 0 aliphatic rings. The van der Waals surface area contributed by atoms with Crippen molar-refractivity contribution in [3.8, 4) is 0 Å². The third-order valence-electron chi connectivity index (χ3n) is 2.47. The number of hydrogen-bond donors (Lipinski definition) is 1. The van der Waals surface area contributed by atoms with Crippen LogP contribution in [0.15, 0.2) is 33.5 Å². The molecule has 8 heteroatoms. The smallest absolute Gasteiger partial charge is 0.239 e. The van der Waals surface area contributed by atoms with E-state index in [9.17, 15) is 4.79 Å². The van der Waals surface area contributed by atoms with E-state index >= 15 is 0 Å². The zero-order chi connectivity index (χ0) is 16.1. The molecule has 1 unspecified atom stereocenters. The van der Waals surface area contributed by atoms with Crippen molar-refractivity contribution in [1.29, 1.82) is 0 Å². The maximum absolute atomic E-state index is 12.2. The van der Waals surface area contributed by atoms with Gasteiger partial charge in [0.25, 0.3) is 0 Å². The highest BCUT2D eigenvalue weighted by molar-refractivity contribution is 8.01. The van der Waals surface area contributed by atoms with Gasteiger partial charge in [0.1, 0.15) is 0 Å². The molecule has 0 bridgehead atoms. The maximum atomic E-state index is 12.2. The maximum Gasteiger partial charge on any atom is 0.239 e. The number of carbonyl (C=O) groups is 1. The molecule has 0 saturated carbocycles. The molecule has 0 aliphatic carbocycles. The van der Waals surface area contributed by atoms with Crippen LogP contribution in [0.3, 0.4) is 0 Å². The van der Waals surface area contributed by atoms with Crippen molar-refractivity contribution in [1.82, 2.24) is 10.2 Å². The number of halogens is 1. The average Bonchev–Trinajstić information content (AvgIpc) is 2.87. The largest absolute Gasteiger partial charge is 0.300 e. The van der Waals surface area contributed by atoms with Crippen LogP contribution < -0.4 is 5.32 Å². The molecule has 1 amide bonds. The van der Waals surface area contributed by atoms with Gasteiger partial charge in [-0.1, -0.05) is 48.5 Å². The highest BCUT2D eigenvalue weighted by Gasteiger charge is 2.17. The minimum Gasteiger partial charge on any atom is -0.300 e. The second kappa shape index (κ2) is 8.19. The fourth-order valence-corrected chi connectivity index (χ4v) is 4.46. The summed E-state index contributed by atoms with van der Waals surface area (Å²) in [6.07, 6.45) is 0. The number of anilines is 1. The van der Waals surface area contributed by atoms with E-state index in [2.05, 4.69) is 29.4 Å². The Bertz CT molecular complexity index is 631. The van der Waals surface area contributed by atoms with Crippen LogP contribution in [0, 0.1) is 0 Å². The lowest BCUT2D eigenvalue weighted by Gasteiger charge is -2.10. The van der Waals surface area contributed by atoms with Crippen LogP contribution >= 0.6 is 46.5 Å². The van der Waals surface area contributed by atoms with Gasteiger partial charge >= 0.3 is 0 Å². The first-order valence-corrected chi connectivity index (χ1v) is 9.62. The molecule has 1 aromatic heterocycles. The van der Waals surface area contributed by atoms with Gasteiger partial charge in [-0.25, -0.2) is 0 Å². The second-order valence-electron chi connectivity index (χ2n) is 4.74. The first-order valence-electron chi connectivity index (χ1n) is 6.67. The molecule has 4 nitrogen and oxygen atoms in total. The Morgan fingerprint density at radius 1 is 1.18 bits per heavy atom. The summed E-state index contributed by atoms with van der Waals surface area (Å²) in [6.45, 7) is 6.05. The predicted molar refractivity (Wildman–Crippen MR) is 96.3 cm³/mol. The van der Waals surface area contributed by atoms with Gasteiger partial charge in [0, 0.05) is 15.2 Å². The molecular formula is C14H16ClN3OS3. The van der Waals surface area contributed by atoms with Crippen LogP contribution in [-0.4, -0.2) is 26.6 Å². The topological polar surface area (TPSA) is 54.9 Å². The Balaban J connectivity index is 1.90. The first-order chi connectivity index (χ1) is 10.4. The van der Waals surface area contributed by atoms with Gasteiger partial charge in [-0.3, -0.25) is 10.1 Å². The number of benzene rings is 1. The number of aromatic nitrogens is 2. The highest BCUT2D eigenvalue weighted by atomic mass is 35.5. The number of amides is 1. The van der Waals surface area contributed by atoms with Crippen LogP contribution in [0.4, 0.5) is 5.13 Å². The predicted octanol–water partition coefficient (Wildman–Crippen LogP) is 4.81. The second-order valence-corrected chi connectivity index (χ2v) is 9.39. The molecule has 1 heterocycles. The summed E-state index contributed by atoms with van der Waals surface area (Å²) in [5.41, 5.74) is 0. The van der Waals surface area contributed by atoms with Crippen LogP contribution in [0.25, 0.3) is 0 Å². The van der Waals surface area contributed by atoms with Crippen molar-refractivity contribution in [2.45, 2.75) is 40.5 Å². The van der Waals surface area contributed by atoms with E-state index in [1.54, 1.807) is 11.8 Å². The molecule has 0 radical (unpaired) electrons. The van der Waals surface area contributed by atoms with Crippen molar-refractivity contribution >= 4 is 57.5 Å². The average molecular weight is 374 g/mol. The van der Waals surface area contributed by atoms with Crippen LogP contribution in [0.5, 0.6) is 0 Å². The fourth-order valence-electron chi connectivity index (χ4n) is 1.49. The number of rotatable bonds is 6. The standard InChI is InChI=1S/C14H16ClN3OS3/c1-8(2)20-14-18-17-13(22-14)16-12(19)9(3)21-11-6-4-10(15)5-7-11/h4-9H,1-3H3,(H,16,17,19). The summed E-state index contributed by atoms with van der Waals surface area (Å²) in [4.78, 5) is 13.2. The molecular weight excluding hydrogens is 358 g/mol. The molecule has 22 heavy (non-hydrogen) atoms. The third kappa shape index (κ3) is 5.46. The summed E-state index contributed by atoms with van der Waals surface area (Å²) < 4.78 is 0.864. The third-order valence-corrected chi connectivity index (χ3v) is 5.76. The molecule has 0 fully saturated rings. The zero-order valence-electron chi connectivity index (χ0n) is 12.4. The number of nitrogens with one attached hydrogen (secondary N) is 1. The monoisotopic (exact) mass is 373 g/mol. The van der Waals surface area contributed by atoms with E-state index in [4.69, 9.17) is 11.6 Å². The van der Waals surface area contributed by atoms with Crippen molar-refractivity contribution < 1.29 is 4.79 Å². The van der Waals surface area contributed by atoms with Crippen molar-refractivity contribution in [3.05, 3.63) is 29.3 Å². The number of hydrogen-bond acceptors (Lipinski definition) is 6. The Morgan fingerprint density at radius 3 is 2.50 bits per heavy atom. The number of carbonyl (C=O) groups excluding carboxylic acids is 1. The quantitative estimate of drug-likeness (QED) is 0.581. The minimum atomic E-state index is -0.230. The van der Waals surface area contributed by atoms with Gasteiger partial charge in [0.2, 0.25) is 11.0 Å². The van der Waals surface area contributed by atoms with Gasteiger partial charge in [0.15, 0.2) is 4.34 Å². The lowest BCUT2D eigenvalue weighted by molar-refractivity contribution is -0.115. The van der Waals surface area contributed by atoms with E-state index in [-0.39, 0.29) is 11.2 Å². The molecule has 118 valence electrons. The molecule has 1 N–H and O–H groups in total. The minimum absolute atomic E-state index is 0.0859.